The number of nitrogens with two attached hydrogens (primary N) is 1. The minimum atomic E-state index is 0.195. The first-order valence-corrected chi connectivity index (χ1v) is 7.57. The summed E-state index contributed by atoms with van der Waals surface area (Å²) < 4.78 is 5.55. The summed E-state index contributed by atoms with van der Waals surface area (Å²) in [6, 6.07) is 0. The molecule has 5 heteroatoms. The SMILES string of the molecule is CC(C)CN(CCC(N)=S)C(=O)CCC1CCCO1. The molecule has 0 bridgehead atoms. The first-order chi connectivity index (χ1) is 8.99. The third-order valence-corrected chi connectivity index (χ3v) is 3.47. The number of rotatable bonds is 8. The average molecular weight is 286 g/mol. The lowest BCUT2D eigenvalue weighted by Crippen LogP contribution is -2.36. The van der Waals surface area contributed by atoms with Crippen LogP contribution >= 0.6 is 12.2 Å². The molecule has 110 valence electrons. The van der Waals surface area contributed by atoms with E-state index >= 15 is 0 Å². The zero-order chi connectivity index (χ0) is 14.3. The Balaban J connectivity index is 2.37. The Morgan fingerprint density at radius 1 is 1.47 bits per heavy atom. The van der Waals surface area contributed by atoms with Crippen LogP contribution in [0.15, 0.2) is 0 Å². The number of ether oxygens (including phenoxy) is 1. The predicted molar refractivity (Wildman–Crippen MR) is 81.0 cm³/mol. The standard InChI is InChI=1S/C14H26N2O2S/c1-11(2)10-16(8-7-13(15)19)14(17)6-5-12-4-3-9-18-12/h11-12H,3-10H2,1-2H3,(H2,15,19). The predicted octanol–water partition coefficient (Wildman–Crippen LogP) is 2.11. The van der Waals surface area contributed by atoms with Crippen molar-refractivity contribution < 1.29 is 9.53 Å². The summed E-state index contributed by atoms with van der Waals surface area (Å²) in [5.41, 5.74) is 5.52. The van der Waals surface area contributed by atoms with E-state index in [-0.39, 0.29) is 12.0 Å². The van der Waals surface area contributed by atoms with E-state index in [1.807, 2.05) is 4.90 Å². The van der Waals surface area contributed by atoms with E-state index < -0.39 is 0 Å². The van der Waals surface area contributed by atoms with E-state index in [1.54, 1.807) is 0 Å². The van der Waals surface area contributed by atoms with Crippen LogP contribution in [0.2, 0.25) is 0 Å². The van der Waals surface area contributed by atoms with Gasteiger partial charge in [0.25, 0.3) is 0 Å². The van der Waals surface area contributed by atoms with E-state index in [9.17, 15) is 4.79 Å². The first-order valence-electron chi connectivity index (χ1n) is 7.16. The Kier molecular flexibility index (Phi) is 7.31. The van der Waals surface area contributed by atoms with Crippen LogP contribution in [0.1, 0.15) is 46.0 Å². The van der Waals surface area contributed by atoms with Gasteiger partial charge < -0.3 is 15.4 Å². The van der Waals surface area contributed by atoms with E-state index in [2.05, 4.69) is 13.8 Å². The fourth-order valence-electron chi connectivity index (χ4n) is 2.32. The van der Waals surface area contributed by atoms with Gasteiger partial charge in [-0.25, -0.2) is 0 Å². The zero-order valence-corrected chi connectivity index (χ0v) is 12.9. The molecule has 0 spiro atoms. The smallest absolute Gasteiger partial charge is 0.222 e. The first kappa shape index (κ1) is 16.4. The number of carbonyl (C=O) groups excluding carboxylic acids is 1. The molecule has 1 atom stereocenters. The number of thiocarbonyl (C=S) groups is 1. The molecule has 19 heavy (non-hydrogen) atoms. The van der Waals surface area contributed by atoms with E-state index in [4.69, 9.17) is 22.7 Å². The molecule has 0 aromatic carbocycles. The molecule has 1 rings (SSSR count). The van der Waals surface area contributed by atoms with Crippen LogP contribution in [0.25, 0.3) is 0 Å². The van der Waals surface area contributed by atoms with Gasteiger partial charge in [-0.15, -0.1) is 0 Å². The largest absolute Gasteiger partial charge is 0.393 e. The second-order valence-corrected chi connectivity index (χ2v) is 6.15. The fourth-order valence-corrected chi connectivity index (χ4v) is 2.41. The Morgan fingerprint density at radius 3 is 2.74 bits per heavy atom. The molecule has 1 unspecified atom stereocenters. The van der Waals surface area contributed by atoms with Crippen molar-refractivity contribution in [3.63, 3.8) is 0 Å². The van der Waals surface area contributed by atoms with Crippen molar-refractivity contribution in [1.29, 1.82) is 0 Å². The molecule has 1 amide bonds. The molecule has 1 fully saturated rings. The van der Waals surface area contributed by atoms with Gasteiger partial charge in [0.2, 0.25) is 5.91 Å². The molecule has 1 saturated heterocycles. The van der Waals surface area contributed by atoms with Crippen molar-refractivity contribution in [2.75, 3.05) is 19.7 Å². The van der Waals surface area contributed by atoms with Crippen molar-refractivity contribution in [2.45, 2.75) is 52.1 Å². The summed E-state index contributed by atoms with van der Waals surface area (Å²) in [6.07, 6.45) is 4.49. The molecule has 1 heterocycles. The summed E-state index contributed by atoms with van der Waals surface area (Å²) >= 11 is 4.89. The van der Waals surface area contributed by atoms with Gasteiger partial charge in [-0.1, -0.05) is 26.1 Å². The van der Waals surface area contributed by atoms with Gasteiger partial charge in [0.15, 0.2) is 0 Å². The highest BCUT2D eigenvalue weighted by Gasteiger charge is 2.20. The number of hydrogen-bond acceptors (Lipinski definition) is 3. The Bertz CT molecular complexity index is 302. The Hall–Kier alpha value is -0.680. The molecule has 4 nitrogen and oxygen atoms in total. The van der Waals surface area contributed by atoms with Gasteiger partial charge in [0.05, 0.1) is 11.1 Å². The number of amides is 1. The second-order valence-electron chi connectivity index (χ2n) is 5.62. The molecule has 0 saturated carbocycles. The number of carbonyl (C=O) groups is 1. The van der Waals surface area contributed by atoms with E-state index in [0.717, 1.165) is 32.4 Å². The Labute approximate surface area is 121 Å². The quantitative estimate of drug-likeness (QED) is 0.694. The summed E-state index contributed by atoms with van der Waals surface area (Å²) in [7, 11) is 0. The maximum absolute atomic E-state index is 12.2. The minimum absolute atomic E-state index is 0.195. The van der Waals surface area contributed by atoms with Gasteiger partial charge in [-0.05, 0) is 25.2 Å². The number of nitrogens with zero attached hydrogens (tertiary/aromatic N) is 1. The summed E-state index contributed by atoms with van der Waals surface area (Å²) in [5, 5.41) is 0. The van der Waals surface area contributed by atoms with Crippen molar-refractivity contribution in [3.05, 3.63) is 0 Å². The highest BCUT2D eigenvalue weighted by molar-refractivity contribution is 7.80. The Morgan fingerprint density at radius 2 is 2.21 bits per heavy atom. The minimum Gasteiger partial charge on any atom is -0.393 e. The average Bonchev–Trinajstić information content (AvgIpc) is 2.83. The molecular formula is C14H26N2O2S. The van der Waals surface area contributed by atoms with E-state index in [0.29, 0.717) is 30.3 Å². The third kappa shape index (κ3) is 6.87. The zero-order valence-electron chi connectivity index (χ0n) is 12.1. The second kappa shape index (κ2) is 8.48. The highest BCUT2D eigenvalue weighted by atomic mass is 32.1. The molecule has 0 aromatic heterocycles. The van der Waals surface area contributed by atoms with Crippen molar-refractivity contribution in [2.24, 2.45) is 11.7 Å². The lowest BCUT2D eigenvalue weighted by atomic mass is 10.1. The fraction of sp³-hybridized carbons (Fsp3) is 0.857. The number of hydrogen-bond donors (Lipinski definition) is 1. The monoisotopic (exact) mass is 286 g/mol. The van der Waals surface area contributed by atoms with Gasteiger partial charge in [-0.3, -0.25) is 4.79 Å². The van der Waals surface area contributed by atoms with Crippen LogP contribution in [0.5, 0.6) is 0 Å². The van der Waals surface area contributed by atoms with Crippen LogP contribution < -0.4 is 5.73 Å². The maximum atomic E-state index is 12.2. The summed E-state index contributed by atoms with van der Waals surface area (Å²) in [5.74, 6) is 0.651. The lowest BCUT2D eigenvalue weighted by molar-refractivity contribution is -0.132. The van der Waals surface area contributed by atoms with Crippen molar-refractivity contribution in [1.82, 2.24) is 4.90 Å². The highest BCUT2D eigenvalue weighted by Crippen LogP contribution is 2.17. The van der Waals surface area contributed by atoms with Crippen LogP contribution in [0.4, 0.5) is 0 Å². The summed E-state index contributed by atoms with van der Waals surface area (Å²) in [6.45, 7) is 6.48. The van der Waals surface area contributed by atoms with Crippen LogP contribution in [0, 0.1) is 5.92 Å². The van der Waals surface area contributed by atoms with Crippen molar-refractivity contribution in [3.8, 4) is 0 Å². The lowest BCUT2D eigenvalue weighted by Gasteiger charge is -2.25. The molecule has 0 radical (unpaired) electrons. The van der Waals surface area contributed by atoms with Gasteiger partial charge in [0.1, 0.15) is 0 Å². The van der Waals surface area contributed by atoms with Gasteiger partial charge in [-0.2, -0.15) is 0 Å². The summed E-state index contributed by atoms with van der Waals surface area (Å²) in [4.78, 5) is 14.6. The van der Waals surface area contributed by atoms with Crippen LogP contribution in [0.3, 0.4) is 0 Å². The topological polar surface area (TPSA) is 55.6 Å². The van der Waals surface area contributed by atoms with Gasteiger partial charge >= 0.3 is 0 Å². The van der Waals surface area contributed by atoms with Crippen LogP contribution in [-0.4, -0.2) is 41.6 Å². The third-order valence-electron chi connectivity index (χ3n) is 3.27. The molecule has 1 aliphatic heterocycles. The van der Waals surface area contributed by atoms with Crippen LogP contribution in [-0.2, 0) is 9.53 Å². The normalized spacial score (nSPS) is 18.8. The molecule has 1 aliphatic rings. The molecule has 2 N–H and O–H groups in total. The molecule has 0 aliphatic carbocycles. The van der Waals surface area contributed by atoms with Gasteiger partial charge in [0, 0.05) is 32.5 Å². The molecule has 0 aromatic rings. The maximum Gasteiger partial charge on any atom is 0.222 e. The molecular weight excluding hydrogens is 260 g/mol. The van der Waals surface area contributed by atoms with E-state index in [1.165, 1.54) is 0 Å². The van der Waals surface area contributed by atoms with Crippen molar-refractivity contribution >= 4 is 23.1 Å².